The Kier molecular flexibility index (Phi) is 3.85. The largest absolute Gasteiger partial charge is 0.416 e. The van der Waals surface area contributed by atoms with Crippen LogP contribution in [0.2, 0.25) is 0 Å². The summed E-state index contributed by atoms with van der Waals surface area (Å²) in [5, 5.41) is 2.93. The molecule has 3 N–H and O–H groups in total. The molecule has 4 nitrogen and oxygen atoms in total. The van der Waals surface area contributed by atoms with E-state index in [1.165, 1.54) is 4.90 Å². The molecule has 1 fully saturated rings. The Labute approximate surface area is 112 Å². The van der Waals surface area contributed by atoms with Crippen LogP contribution >= 0.6 is 0 Å². The minimum Gasteiger partial charge on any atom is -0.368 e. The van der Waals surface area contributed by atoms with E-state index in [1.807, 2.05) is 0 Å². The Morgan fingerprint density at radius 3 is 2.65 bits per heavy atom. The summed E-state index contributed by atoms with van der Waals surface area (Å²) in [7, 11) is 0. The van der Waals surface area contributed by atoms with Crippen molar-refractivity contribution in [3.05, 3.63) is 29.6 Å². The third kappa shape index (κ3) is 2.84. The molecular formula is C12H13F4N3O. The van der Waals surface area contributed by atoms with E-state index in [0.717, 1.165) is 12.1 Å². The SMILES string of the molecule is NC(=O)C1CNCCN1c1ccc(C(F)(F)F)cc1F. The van der Waals surface area contributed by atoms with Gasteiger partial charge < -0.3 is 16.0 Å². The van der Waals surface area contributed by atoms with E-state index in [0.29, 0.717) is 12.6 Å². The highest BCUT2D eigenvalue weighted by Gasteiger charge is 2.33. The molecule has 1 aliphatic rings. The molecule has 2 rings (SSSR count). The molecule has 0 saturated carbocycles. The van der Waals surface area contributed by atoms with Crippen LogP contribution in [0.25, 0.3) is 0 Å². The Morgan fingerprint density at radius 1 is 1.40 bits per heavy atom. The molecule has 1 amide bonds. The zero-order valence-corrected chi connectivity index (χ0v) is 10.4. The van der Waals surface area contributed by atoms with Crippen LogP contribution in [-0.2, 0) is 11.0 Å². The van der Waals surface area contributed by atoms with Gasteiger partial charge in [-0.05, 0) is 18.2 Å². The van der Waals surface area contributed by atoms with Gasteiger partial charge >= 0.3 is 6.18 Å². The van der Waals surface area contributed by atoms with E-state index in [9.17, 15) is 22.4 Å². The van der Waals surface area contributed by atoms with E-state index < -0.39 is 29.5 Å². The third-order valence-electron chi connectivity index (χ3n) is 3.16. The minimum atomic E-state index is -4.61. The Balaban J connectivity index is 2.34. The predicted octanol–water partition coefficient (Wildman–Crippen LogP) is 1.11. The fraction of sp³-hybridized carbons (Fsp3) is 0.417. The standard InChI is InChI=1S/C12H13F4N3O/c13-8-5-7(12(14,15)16)1-2-9(8)19-4-3-18-6-10(19)11(17)20/h1-2,5,10,18H,3-4,6H2,(H2,17,20). The number of benzene rings is 1. The molecule has 0 radical (unpaired) electrons. The predicted molar refractivity (Wildman–Crippen MR) is 64.6 cm³/mol. The molecule has 1 aromatic carbocycles. The molecule has 0 bridgehead atoms. The van der Waals surface area contributed by atoms with Crippen molar-refractivity contribution in [3.63, 3.8) is 0 Å². The van der Waals surface area contributed by atoms with Gasteiger partial charge in [-0.15, -0.1) is 0 Å². The maximum absolute atomic E-state index is 13.9. The zero-order chi connectivity index (χ0) is 14.9. The van der Waals surface area contributed by atoms with Crippen LogP contribution in [0.5, 0.6) is 0 Å². The monoisotopic (exact) mass is 291 g/mol. The lowest BCUT2D eigenvalue weighted by molar-refractivity contribution is -0.137. The second-order valence-corrected chi connectivity index (χ2v) is 4.48. The van der Waals surface area contributed by atoms with Crippen molar-refractivity contribution < 1.29 is 22.4 Å². The zero-order valence-electron chi connectivity index (χ0n) is 10.4. The summed E-state index contributed by atoms with van der Waals surface area (Å²) in [6.07, 6.45) is -4.61. The van der Waals surface area contributed by atoms with Gasteiger partial charge in [0.1, 0.15) is 11.9 Å². The summed E-state index contributed by atoms with van der Waals surface area (Å²) in [5.41, 5.74) is 4.10. The van der Waals surface area contributed by atoms with Crippen molar-refractivity contribution in [2.45, 2.75) is 12.2 Å². The molecule has 1 heterocycles. The summed E-state index contributed by atoms with van der Waals surface area (Å²) in [6, 6.07) is 1.46. The van der Waals surface area contributed by atoms with E-state index in [-0.39, 0.29) is 18.8 Å². The number of nitrogens with one attached hydrogen (secondary N) is 1. The lowest BCUT2D eigenvalue weighted by atomic mass is 10.1. The van der Waals surface area contributed by atoms with Crippen molar-refractivity contribution in [2.75, 3.05) is 24.5 Å². The van der Waals surface area contributed by atoms with E-state index in [2.05, 4.69) is 5.32 Å². The first-order chi connectivity index (χ1) is 9.30. The third-order valence-corrected chi connectivity index (χ3v) is 3.16. The highest BCUT2D eigenvalue weighted by molar-refractivity contribution is 5.84. The first-order valence-electron chi connectivity index (χ1n) is 5.94. The summed E-state index contributed by atoms with van der Waals surface area (Å²) < 4.78 is 51.3. The van der Waals surface area contributed by atoms with Crippen LogP contribution in [0.1, 0.15) is 5.56 Å². The van der Waals surface area contributed by atoms with Gasteiger partial charge in [0, 0.05) is 19.6 Å². The summed E-state index contributed by atoms with van der Waals surface area (Å²) >= 11 is 0. The molecule has 0 aliphatic carbocycles. The number of carbonyl (C=O) groups is 1. The Morgan fingerprint density at radius 2 is 2.10 bits per heavy atom. The number of anilines is 1. The van der Waals surface area contributed by atoms with Gasteiger partial charge in [0.05, 0.1) is 11.3 Å². The van der Waals surface area contributed by atoms with Gasteiger partial charge in [-0.3, -0.25) is 4.79 Å². The number of primary amides is 1. The molecule has 0 aromatic heterocycles. The van der Waals surface area contributed by atoms with Gasteiger partial charge in [0.15, 0.2) is 0 Å². The maximum atomic E-state index is 13.9. The lowest BCUT2D eigenvalue weighted by Gasteiger charge is -2.36. The van der Waals surface area contributed by atoms with Crippen LogP contribution in [-0.4, -0.2) is 31.6 Å². The number of hydrogen-bond donors (Lipinski definition) is 2. The number of hydrogen-bond acceptors (Lipinski definition) is 3. The molecule has 8 heteroatoms. The topological polar surface area (TPSA) is 58.4 Å². The Bertz CT molecular complexity index is 518. The quantitative estimate of drug-likeness (QED) is 0.803. The van der Waals surface area contributed by atoms with Crippen LogP contribution < -0.4 is 16.0 Å². The number of nitrogens with zero attached hydrogens (tertiary/aromatic N) is 1. The highest BCUT2D eigenvalue weighted by atomic mass is 19.4. The van der Waals surface area contributed by atoms with Crippen LogP contribution in [0.15, 0.2) is 18.2 Å². The molecule has 1 aromatic rings. The van der Waals surface area contributed by atoms with Crippen LogP contribution in [0.3, 0.4) is 0 Å². The van der Waals surface area contributed by atoms with Crippen molar-refractivity contribution in [1.29, 1.82) is 0 Å². The van der Waals surface area contributed by atoms with Crippen molar-refractivity contribution in [2.24, 2.45) is 5.73 Å². The van der Waals surface area contributed by atoms with Crippen LogP contribution in [0, 0.1) is 5.82 Å². The number of amides is 1. The number of rotatable bonds is 2. The van der Waals surface area contributed by atoms with Gasteiger partial charge in [0.25, 0.3) is 0 Å². The normalized spacial score (nSPS) is 20.0. The molecule has 110 valence electrons. The molecule has 20 heavy (non-hydrogen) atoms. The maximum Gasteiger partial charge on any atom is 0.416 e. The fourth-order valence-corrected chi connectivity index (χ4v) is 2.16. The van der Waals surface area contributed by atoms with Gasteiger partial charge in [0.2, 0.25) is 5.91 Å². The number of alkyl halides is 3. The fourth-order valence-electron chi connectivity index (χ4n) is 2.16. The second-order valence-electron chi connectivity index (χ2n) is 4.48. The smallest absolute Gasteiger partial charge is 0.368 e. The minimum absolute atomic E-state index is 0.0525. The number of halogens is 4. The molecule has 1 unspecified atom stereocenters. The Hall–Kier alpha value is -1.83. The van der Waals surface area contributed by atoms with Gasteiger partial charge in [-0.25, -0.2) is 4.39 Å². The molecule has 1 aliphatic heterocycles. The summed E-state index contributed by atoms with van der Waals surface area (Å²) in [4.78, 5) is 12.7. The first kappa shape index (κ1) is 14.6. The first-order valence-corrected chi connectivity index (χ1v) is 5.94. The summed E-state index contributed by atoms with van der Waals surface area (Å²) in [6.45, 7) is 1.01. The molecular weight excluding hydrogens is 278 g/mol. The van der Waals surface area contributed by atoms with Crippen LogP contribution in [0.4, 0.5) is 23.2 Å². The second kappa shape index (κ2) is 5.28. The van der Waals surface area contributed by atoms with Crippen molar-refractivity contribution in [1.82, 2.24) is 5.32 Å². The highest BCUT2D eigenvalue weighted by Crippen LogP contribution is 2.32. The number of piperazine rings is 1. The number of carbonyl (C=O) groups excluding carboxylic acids is 1. The molecule has 1 atom stereocenters. The van der Waals surface area contributed by atoms with E-state index in [4.69, 9.17) is 5.73 Å². The van der Waals surface area contributed by atoms with Crippen molar-refractivity contribution in [3.8, 4) is 0 Å². The molecule has 0 spiro atoms. The van der Waals surface area contributed by atoms with E-state index >= 15 is 0 Å². The number of nitrogens with two attached hydrogens (primary N) is 1. The van der Waals surface area contributed by atoms with Gasteiger partial charge in [-0.2, -0.15) is 13.2 Å². The average molecular weight is 291 g/mol. The summed E-state index contributed by atoms with van der Waals surface area (Å²) in [5.74, 6) is -1.68. The lowest BCUT2D eigenvalue weighted by Crippen LogP contribution is -2.57. The average Bonchev–Trinajstić information content (AvgIpc) is 2.37. The van der Waals surface area contributed by atoms with Crippen molar-refractivity contribution >= 4 is 11.6 Å². The van der Waals surface area contributed by atoms with E-state index in [1.54, 1.807) is 0 Å². The van der Waals surface area contributed by atoms with Gasteiger partial charge in [-0.1, -0.05) is 0 Å². The molecule has 1 saturated heterocycles.